The number of rotatable bonds is 4. The number of ether oxygens (including phenoxy) is 1. The first-order chi connectivity index (χ1) is 9.22. The average Bonchev–Trinajstić information content (AvgIpc) is 2.73. The Bertz CT molecular complexity index is 392. The van der Waals surface area contributed by atoms with E-state index < -0.39 is 6.10 Å². The van der Waals surface area contributed by atoms with Gasteiger partial charge in [0.1, 0.15) is 6.10 Å². The van der Waals surface area contributed by atoms with Gasteiger partial charge in [0.25, 0.3) is 0 Å². The molecule has 1 N–H and O–H groups in total. The molecule has 1 fully saturated rings. The molecule has 0 radical (unpaired) electrons. The van der Waals surface area contributed by atoms with Crippen molar-refractivity contribution in [2.24, 2.45) is 0 Å². The summed E-state index contributed by atoms with van der Waals surface area (Å²) in [6, 6.07) is 8.30. The Balaban J connectivity index is 2.25. The molecule has 0 amide bonds. The largest absolute Gasteiger partial charge is 0.385 e. The minimum Gasteiger partial charge on any atom is -0.385 e. The fourth-order valence-electron chi connectivity index (χ4n) is 3.20. The lowest BCUT2D eigenvalue weighted by atomic mass is 9.84. The van der Waals surface area contributed by atoms with Crippen LogP contribution in [-0.4, -0.2) is 17.8 Å². The molecule has 1 aromatic rings. The third-order valence-corrected chi connectivity index (χ3v) is 4.53. The molecule has 1 aromatic carbocycles. The Hall–Kier alpha value is -0.860. The van der Waals surface area contributed by atoms with Gasteiger partial charge in [0, 0.05) is 7.11 Å². The quantitative estimate of drug-likeness (QED) is 0.830. The summed E-state index contributed by atoms with van der Waals surface area (Å²) in [4.78, 5) is 0. The molecule has 1 saturated carbocycles. The van der Waals surface area contributed by atoms with Crippen molar-refractivity contribution in [1.29, 1.82) is 0 Å². The highest BCUT2D eigenvalue weighted by atomic mass is 16.5. The highest BCUT2D eigenvalue weighted by Gasteiger charge is 2.39. The topological polar surface area (TPSA) is 29.5 Å². The van der Waals surface area contributed by atoms with Crippen molar-refractivity contribution in [3.63, 3.8) is 0 Å². The summed E-state index contributed by atoms with van der Waals surface area (Å²) in [6.07, 6.45) is 7.22. The molecule has 19 heavy (non-hydrogen) atoms. The summed E-state index contributed by atoms with van der Waals surface area (Å²) < 4.78 is 5.80. The Labute approximate surface area is 116 Å². The Kier molecular flexibility index (Phi) is 5.00. The highest BCUT2D eigenvalue weighted by Crippen LogP contribution is 2.40. The van der Waals surface area contributed by atoms with Crippen LogP contribution in [0.4, 0.5) is 0 Å². The molecule has 1 aliphatic rings. The molecular weight excluding hydrogens is 236 g/mol. The first-order valence-corrected chi connectivity index (χ1v) is 7.54. The molecule has 0 aliphatic heterocycles. The zero-order valence-corrected chi connectivity index (χ0v) is 12.2. The van der Waals surface area contributed by atoms with E-state index in [2.05, 4.69) is 19.1 Å². The zero-order valence-electron chi connectivity index (χ0n) is 12.2. The van der Waals surface area contributed by atoms with Crippen LogP contribution in [0.1, 0.15) is 62.7 Å². The van der Waals surface area contributed by atoms with Crippen molar-refractivity contribution in [1.82, 2.24) is 0 Å². The highest BCUT2D eigenvalue weighted by molar-refractivity contribution is 5.27. The minimum absolute atomic E-state index is 0.386. The molecule has 0 aromatic heterocycles. The standard InChI is InChI=1S/C17H26O2/c1-3-14-9-8-10-15(13-14)16(18)17(19-2)11-6-4-5-7-12-17/h8-10,13,16,18H,3-7,11-12H2,1-2H3. The van der Waals surface area contributed by atoms with E-state index in [9.17, 15) is 5.11 Å². The monoisotopic (exact) mass is 262 g/mol. The van der Waals surface area contributed by atoms with Gasteiger partial charge in [-0.05, 0) is 30.4 Å². The van der Waals surface area contributed by atoms with Crippen LogP contribution < -0.4 is 0 Å². The predicted octanol–water partition coefficient (Wildman–Crippen LogP) is 4.02. The second kappa shape index (κ2) is 6.53. The maximum atomic E-state index is 10.8. The molecule has 2 rings (SSSR count). The van der Waals surface area contributed by atoms with Gasteiger partial charge in [0.2, 0.25) is 0 Å². The fourth-order valence-corrected chi connectivity index (χ4v) is 3.20. The number of hydrogen-bond acceptors (Lipinski definition) is 2. The maximum absolute atomic E-state index is 10.8. The zero-order chi connectivity index (χ0) is 13.7. The Morgan fingerprint density at radius 3 is 2.47 bits per heavy atom. The van der Waals surface area contributed by atoms with Gasteiger partial charge in [-0.15, -0.1) is 0 Å². The lowest BCUT2D eigenvalue weighted by Crippen LogP contribution is -2.38. The van der Waals surface area contributed by atoms with E-state index in [0.717, 1.165) is 37.7 Å². The van der Waals surface area contributed by atoms with Crippen LogP contribution in [0.15, 0.2) is 24.3 Å². The molecular formula is C17H26O2. The van der Waals surface area contributed by atoms with Gasteiger partial charge >= 0.3 is 0 Å². The van der Waals surface area contributed by atoms with Crippen molar-refractivity contribution in [3.8, 4) is 0 Å². The summed E-state index contributed by atoms with van der Waals surface area (Å²) in [7, 11) is 1.75. The van der Waals surface area contributed by atoms with E-state index >= 15 is 0 Å². The van der Waals surface area contributed by atoms with Gasteiger partial charge in [-0.1, -0.05) is 56.9 Å². The van der Waals surface area contributed by atoms with E-state index in [1.54, 1.807) is 7.11 Å². The van der Waals surface area contributed by atoms with Crippen molar-refractivity contribution < 1.29 is 9.84 Å². The number of hydrogen-bond donors (Lipinski definition) is 1. The van der Waals surface area contributed by atoms with Crippen molar-refractivity contribution in [3.05, 3.63) is 35.4 Å². The van der Waals surface area contributed by atoms with Crippen molar-refractivity contribution in [2.45, 2.75) is 63.6 Å². The SMILES string of the molecule is CCc1cccc(C(O)C2(OC)CCCCCC2)c1. The van der Waals surface area contributed by atoms with Crippen LogP contribution in [0.5, 0.6) is 0 Å². The van der Waals surface area contributed by atoms with Crippen molar-refractivity contribution in [2.75, 3.05) is 7.11 Å². The Morgan fingerprint density at radius 1 is 1.21 bits per heavy atom. The molecule has 1 aliphatic carbocycles. The summed E-state index contributed by atoms with van der Waals surface area (Å²) in [6.45, 7) is 2.14. The number of methoxy groups -OCH3 is 1. The van der Waals surface area contributed by atoms with Crippen LogP contribution in [0.25, 0.3) is 0 Å². The lowest BCUT2D eigenvalue weighted by molar-refractivity contribution is -0.114. The van der Waals surface area contributed by atoms with Gasteiger partial charge in [0.15, 0.2) is 0 Å². The second-order valence-electron chi connectivity index (χ2n) is 5.68. The number of aliphatic hydroxyl groups is 1. The molecule has 2 heteroatoms. The third-order valence-electron chi connectivity index (χ3n) is 4.53. The van der Waals surface area contributed by atoms with E-state index in [1.807, 2.05) is 12.1 Å². The van der Waals surface area contributed by atoms with Gasteiger partial charge in [-0.3, -0.25) is 0 Å². The van der Waals surface area contributed by atoms with Gasteiger partial charge in [0.05, 0.1) is 5.60 Å². The number of benzene rings is 1. The van der Waals surface area contributed by atoms with Crippen LogP contribution >= 0.6 is 0 Å². The number of aryl methyl sites for hydroxylation is 1. The number of aliphatic hydroxyl groups excluding tert-OH is 1. The molecule has 1 unspecified atom stereocenters. The molecule has 0 bridgehead atoms. The molecule has 0 heterocycles. The van der Waals surface area contributed by atoms with E-state index in [4.69, 9.17) is 4.74 Å². The molecule has 0 spiro atoms. The first-order valence-electron chi connectivity index (χ1n) is 7.54. The van der Waals surface area contributed by atoms with Crippen molar-refractivity contribution >= 4 is 0 Å². The summed E-state index contributed by atoms with van der Waals surface area (Å²) in [5, 5.41) is 10.8. The van der Waals surface area contributed by atoms with Crippen LogP contribution in [-0.2, 0) is 11.2 Å². The maximum Gasteiger partial charge on any atom is 0.108 e. The van der Waals surface area contributed by atoms with Crippen LogP contribution in [0.2, 0.25) is 0 Å². The summed E-state index contributed by atoms with van der Waals surface area (Å²) in [5.74, 6) is 0. The normalized spacial score (nSPS) is 20.8. The first kappa shape index (κ1) is 14.5. The smallest absolute Gasteiger partial charge is 0.108 e. The van der Waals surface area contributed by atoms with Crippen LogP contribution in [0.3, 0.4) is 0 Å². The summed E-state index contributed by atoms with van der Waals surface area (Å²) >= 11 is 0. The summed E-state index contributed by atoms with van der Waals surface area (Å²) in [5.41, 5.74) is 1.89. The average molecular weight is 262 g/mol. The lowest BCUT2D eigenvalue weighted by Gasteiger charge is -2.36. The van der Waals surface area contributed by atoms with Gasteiger partial charge < -0.3 is 9.84 Å². The van der Waals surface area contributed by atoms with E-state index in [0.29, 0.717) is 0 Å². The van der Waals surface area contributed by atoms with Gasteiger partial charge in [-0.25, -0.2) is 0 Å². The predicted molar refractivity (Wildman–Crippen MR) is 78.2 cm³/mol. The molecule has 2 nitrogen and oxygen atoms in total. The molecule has 106 valence electrons. The fraction of sp³-hybridized carbons (Fsp3) is 0.647. The van der Waals surface area contributed by atoms with Crippen LogP contribution in [0, 0.1) is 0 Å². The van der Waals surface area contributed by atoms with E-state index in [-0.39, 0.29) is 5.60 Å². The molecule has 1 atom stereocenters. The molecule has 0 saturated heterocycles. The Morgan fingerprint density at radius 2 is 1.89 bits per heavy atom. The second-order valence-corrected chi connectivity index (χ2v) is 5.68. The van der Waals surface area contributed by atoms with Gasteiger partial charge in [-0.2, -0.15) is 0 Å². The van der Waals surface area contributed by atoms with E-state index in [1.165, 1.54) is 18.4 Å². The minimum atomic E-state index is -0.512. The third kappa shape index (κ3) is 3.18.